The first kappa shape index (κ1) is 9.37. The first-order valence-electron chi connectivity index (χ1n) is 4.01. The molecule has 2 atom stereocenters. The normalized spacial score (nSPS) is 27.8. The van der Waals surface area contributed by atoms with Gasteiger partial charge in [0, 0.05) is 4.47 Å². The average molecular weight is 261 g/mol. The molecule has 2 nitrogen and oxygen atoms in total. The van der Waals surface area contributed by atoms with Crippen molar-refractivity contribution in [1.82, 2.24) is 0 Å². The highest BCUT2D eigenvalue weighted by molar-refractivity contribution is 9.10. The largest absolute Gasteiger partial charge is 0.359 e. The molecule has 1 heterocycles. The summed E-state index contributed by atoms with van der Waals surface area (Å²) >= 11 is 3.35. The lowest BCUT2D eigenvalue weighted by atomic mass is 10.2. The molecule has 0 spiro atoms. The summed E-state index contributed by atoms with van der Waals surface area (Å²) in [4.78, 5) is 0. The quantitative estimate of drug-likeness (QED) is 0.774. The Morgan fingerprint density at radius 1 is 1.38 bits per heavy atom. The van der Waals surface area contributed by atoms with Gasteiger partial charge in [-0.15, -0.1) is 0 Å². The molecule has 1 aromatic carbocycles. The van der Waals surface area contributed by atoms with Gasteiger partial charge in [-0.2, -0.15) is 0 Å². The Labute approximate surface area is 87.9 Å². The van der Waals surface area contributed by atoms with Crippen LogP contribution in [-0.4, -0.2) is 16.6 Å². The molecule has 0 unspecified atom stereocenters. The topological polar surface area (TPSA) is 26.3 Å². The number of hydrogen-bond donors (Lipinski definition) is 0. The minimum Gasteiger partial charge on any atom is -0.359 e. The van der Waals surface area contributed by atoms with E-state index in [0.717, 1.165) is 10.0 Å². The van der Waals surface area contributed by atoms with E-state index in [9.17, 15) is 4.21 Å². The summed E-state index contributed by atoms with van der Waals surface area (Å²) in [6.45, 7) is 0.605. The molecule has 0 saturated carbocycles. The Hall–Kier alpha value is -0.190. The number of ether oxygens (including phenoxy) is 1. The van der Waals surface area contributed by atoms with E-state index < -0.39 is 10.8 Å². The Bertz CT molecular complexity index is 323. The van der Waals surface area contributed by atoms with Crippen molar-refractivity contribution in [2.24, 2.45) is 0 Å². The van der Waals surface area contributed by atoms with Crippen molar-refractivity contribution in [2.75, 3.05) is 12.4 Å². The molecule has 1 aromatic rings. The molecular weight excluding hydrogens is 252 g/mol. The predicted octanol–water partition coefficient (Wildman–Crippen LogP) is 2.23. The van der Waals surface area contributed by atoms with Crippen LogP contribution in [-0.2, 0) is 15.5 Å². The van der Waals surface area contributed by atoms with Gasteiger partial charge in [0.2, 0.25) is 0 Å². The minimum absolute atomic E-state index is 0.215. The van der Waals surface area contributed by atoms with Crippen molar-refractivity contribution < 1.29 is 8.95 Å². The fourth-order valence-electron chi connectivity index (χ4n) is 1.29. The van der Waals surface area contributed by atoms with Gasteiger partial charge in [-0.1, -0.05) is 28.1 Å². The summed E-state index contributed by atoms with van der Waals surface area (Å²) in [6, 6.07) is 7.76. The van der Waals surface area contributed by atoms with Gasteiger partial charge in [0.25, 0.3) is 0 Å². The lowest BCUT2D eigenvalue weighted by Crippen LogP contribution is -2.00. The zero-order chi connectivity index (χ0) is 9.26. The Balaban J connectivity index is 2.25. The highest BCUT2D eigenvalue weighted by atomic mass is 79.9. The molecule has 1 saturated heterocycles. The summed E-state index contributed by atoms with van der Waals surface area (Å²) in [6.07, 6.45) is 0. The van der Waals surface area contributed by atoms with Gasteiger partial charge in [-0.25, -0.2) is 0 Å². The molecule has 0 radical (unpaired) electrons. The van der Waals surface area contributed by atoms with Crippen molar-refractivity contribution in [3.63, 3.8) is 0 Å². The van der Waals surface area contributed by atoms with E-state index in [2.05, 4.69) is 15.9 Å². The van der Waals surface area contributed by atoms with E-state index in [0.29, 0.717) is 12.4 Å². The molecule has 0 bridgehead atoms. The fraction of sp³-hybridized carbons (Fsp3) is 0.333. The van der Waals surface area contributed by atoms with Crippen LogP contribution in [0.1, 0.15) is 11.0 Å². The van der Waals surface area contributed by atoms with Crippen molar-refractivity contribution in [3.05, 3.63) is 34.3 Å². The summed E-state index contributed by atoms with van der Waals surface area (Å²) in [7, 11) is -0.856. The Morgan fingerprint density at radius 2 is 2.08 bits per heavy atom. The van der Waals surface area contributed by atoms with Crippen LogP contribution in [0.25, 0.3) is 0 Å². The highest BCUT2D eigenvalue weighted by Crippen LogP contribution is 2.27. The third kappa shape index (κ3) is 2.00. The van der Waals surface area contributed by atoms with Crippen LogP contribution >= 0.6 is 15.9 Å². The van der Waals surface area contributed by atoms with Crippen LogP contribution in [0.2, 0.25) is 0 Å². The molecule has 1 aliphatic heterocycles. The lowest BCUT2D eigenvalue weighted by Gasteiger charge is -2.07. The number of hydrogen-bond acceptors (Lipinski definition) is 2. The molecule has 0 aliphatic carbocycles. The third-order valence-corrected chi connectivity index (χ3v) is 3.92. The molecule has 1 fully saturated rings. The monoisotopic (exact) mass is 260 g/mol. The highest BCUT2D eigenvalue weighted by Gasteiger charge is 2.25. The fourth-order valence-corrected chi connectivity index (χ4v) is 2.74. The number of rotatable bonds is 1. The second-order valence-corrected chi connectivity index (χ2v) is 5.35. The summed E-state index contributed by atoms with van der Waals surface area (Å²) < 4.78 is 17.8. The van der Waals surface area contributed by atoms with Gasteiger partial charge in [0.1, 0.15) is 0 Å². The van der Waals surface area contributed by atoms with Gasteiger partial charge >= 0.3 is 0 Å². The van der Waals surface area contributed by atoms with E-state index in [-0.39, 0.29) is 5.44 Å². The number of benzene rings is 1. The van der Waals surface area contributed by atoms with Crippen LogP contribution in [0, 0.1) is 0 Å². The minimum atomic E-state index is -0.856. The van der Waals surface area contributed by atoms with E-state index in [1.807, 2.05) is 24.3 Å². The van der Waals surface area contributed by atoms with E-state index in [1.165, 1.54) is 0 Å². The molecule has 2 rings (SSSR count). The van der Waals surface area contributed by atoms with E-state index in [1.54, 1.807) is 0 Å². The van der Waals surface area contributed by atoms with Gasteiger partial charge in [0.15, 0.2) is 5.44 Å². The maximum atomic E-state index is 11.4. The molecule has 13 heavy (non-hydrogen) atoms. The van der Waals surface area contributed by atoms with Crippen molar-refractivity contribution in [1.29, 1.82) is 0 Å². The van der Waals surface area contributed by atoms with Gasteiger partial charge in [-0.05, 0) is 17.7 Å². The first-order valence-corrected chi connectivity index (χ1v) is 6.19. The van der Waals surface area contributed by atoms with Crippen LogP contribution in [0.3, 0.4) is 0 Å². The second kappa shape index (κ2) is 3.90. The van der Waals surface area contributed by atoms with Crippen LogP contribution in [0.15, 0.2) is 28.7 Å². The van der Waals surface area contributed by atoms with Gasteiger partial charge < -0.3 is 4.74 Å². The summed E-state index contributed by atoms with van der Waals surface area (Å²) in [5, 5.41) is 0. The first-order chi connectivity index (χ1) is 6.27. The molecule has 70 valence electrons. The molecule has 0 amide bonds. The molecule has 1 aliphatic rings. The molecule has 0 aromatic heterocycles. The third-order valence-electron chi connectivity index (χ3n) is 1.93. The van der Waals surface area contributed by atoms with E-state index >= 15 is 0 Å². The second-order valence-electron chi connectivity index (χ2n) is 2.84. The van der Waals surface area contributed by atoms with Gasteiger partial charge in [-0.3, -0.25) is 4.21 Å². The molecule has 4 heteroatoms. The Morgan fingerprint density at radius 3 is 2.62 bits per heavy atom. The Kier molecular flexibility index (Phi) is 2.81. The van der Waals surface area contributed by atoms with Crippen molar-refractivity contribution in [2.45, 2.75) is 5.44 Å². The van der Waals surface area contributed by atoms with Crippen molar-refractivity contribution >= 4 is 26.7 Å². The average Bonchev–Trinajstić information content (AvgIpc) is 2.53. The molecular formula is C9H9BrO2S. The van der Waals surface area contributed by atoms with Gasteiger partial charge in [0.05, 0.1) is 23.2 Å². The summed E-state index contributed by atoms with van der Waals surface area (Å²) in [5.74, 6) is 0.654. The lowest BCUT2D eigenvalue weighted by molar-refractivity contribution is 0.143. The van der Waals surface area contributed by atoms with Crippen LogP contribution in [0.4, 0.5) is 0 Å². The predicted molar refractivity (Wildman–Crippen MR) is 55.8 cm³/mol. The van der Waals surface area contributed by atoms with Crippen LogP contribution < -0.4 is 0 Å². The zero-order valence-electron chi connectivity index (χ0n) is 6.90. The summed E-state index contributed by atoms with van der Waals surface area (Å²) in [5.41, 5.74) is 0.784. The standard InChI is InChI=1S/C9H9BrO2S/c10-8-3-1-7(2-4-8)9-12-5-6-13(9)11/h1-4,9H,5-6H2/t9-,13+/m0/s1. The SMILES string of the molecule is O=[S@@]1CCO[C@@H]1c1ccc(Br)cc1. The smallest absolute Gasteiger partial charge is 0.157 e. The number of halogens is 1. The molecule has 0 N–H and O–H groups in total. The van der Waals surface area contributed by atoms with Crippen LogP contribution in [0.5, 0.6) is 0 Å². The maximum absolute atomic E-state index is 11.4. The zero-order valence-corrected chi connectivity index (χ0v) is 9.31. The van der Waals surface area contributed by atoms with Crippen molar-refractivity contribution in [3.8, 4) is 0 Å². The maximum Gasteiger partial charge on any atom is 0.157 e. The van der Waals surface area contributed by atoms with E-state index in [4.69, 9.17) is 4.74 Å².